The Bertz CT molecular complexity index is 402. The first kappa shape index (κ1) is 15.2. The lowest BCUT2D eigenvalue weighted by Gasteiger charge is -2.13. The van der Waals surface area contributed by atoms with Crippen LogP contribution < -0.4 is 0 Å². The van der Waals surface area contributed by atoms with Crippen LogP contribution in [0.1, 0.15) is 31.7 Å². The quantitative estimate of drug-likeness (QED) is 0.778. The summed E-state index contributed by atoms with van der Waals surface area (Å²) >= 11 is 0. The van der Waals surface area contributed by atoms with Gasteiger partial charge in [0.2, 0.25) is 0 Å². The van der Waals surface area contributed by atoms with Crippen molar-refractivity contribution >= 4 is 0 Å². The minimum absolute atomic E-state index is 0.00809. The second-order valence-electron chi connectivity index (χ2n) is 5.22. The van der Waals surface area contributed by atoms with Crippen molar-refractivity contribution in [2.75, 3.05) is 6.61 Å². The van der Waals surface area contributed by atoms with E-state index in [1.807, 2.05) is 30.3 Å². The number of benzene rings is 1. The molecule has 110 valence electrons. The van der Waals surface area contributed by atoms with Crippen molar-refractivity contribution in [3.63, 3.8) is 0 Å². The van der Waals surface area contributed by atoms with E-state index < -0.39 is 0 Å². The highest BCUT2D eigenvalue weighted by molar-refractivity contribution is 5.13. The maximum atomic E-state index is 9.96. The molecule has 3 heteroatoms. The van der Waals surface area contributed by atoms with Gasteiger partial charge in [0.05, 0.1) is 31.5 Å². The minimum atomic E-state index is -0.373. The summed E-state index contributed by atoms with van der Waals surface area (Å²) in [4.78, 5) is 0. The molecule has 1 fully saturated rings. The van der Waals surface area contributed by atoms with Gasteiger partial charge in [-0.3, -0.25) is 0 Å². The van der Waals surface area contributed by atoms with E-state index in [1.165, 1.54) is 0 Å². The summed E-state index contributed by atoms with van der Waals surface area (Å²) in [6.07, 6.45) is 6.21. The summed E-state index contributed by atoms with van der Waals surface area (Å²) in [5.41, 5.74) is 1.16. The van der Waals surface area contributed by atoms with Crippen LogP contribution in [0, 0.1) is 0 Å². The first-order valence-corrected chi connectivity index (χ1v) is 7.39. The zero-order valence-electron chi connectivity index (χ0n) is 12.1. The summed E-state index contributed by atoms with van der Waals surface area (Å²) < 4.78 is 11.5. The molecule has 1 aromatic rings. The number of hydrogen-bond donors (Lipinski definition) is 1. The molecule has 0 radical (unpaired) electrons. The second-order valence-corrected chi connectivity index (χ2v) is 5.22. The second kappa shape index (κ2) is 8.20. The third kappa shape index (κ3) is 4.75. The summed E-state index contributed by atoms with van der Waals surface area (Å²) in [5.74, 6) is 0. The molecule has 3 atom stereocenters. The van der Waals surface area contributed by atoms with Gasteiger partial charge in [-0.2, -0.15) is 0 Å². The van der Waals surface area contributed by atoms with E-state index in [9.17, 15) is 5.11 Å². The maximum absolute atomic E-state index is 9.96. The molecule has 1 N–H and O–H groups in total. The third-order valence-electron chi connectivity index (χ3n) is 3.49. The first-order chi connectivity index (χ1) is 9.79. The fourth-order valence-electron chi connectivity index (χ4n) is 2.41. The monoisotopic (exact) mass is 276 g/mol. The summed E-state index contributed by atoms with van der Waals surface area (Å²) in [5, 5.41) is 9.96. The normalized spacial score (nSPS) is 26.4. The van der Waals surface area contributed by atoms with Crippen LogP contribution in [0.3, 0.4) is 0 Å². The van der Waals surface area contributed by atoms with Crippen molar-refractivity contribution in [3.05, 3.63) is 48.0 Å². The van der Waals surface area contributed by atoms with Crippen LogP contribution in [0.25, 0.3) is 0 Å². The molecule has 1 heterocycles. The van der Waals surface area contributed by atoms with Gasteiger partial charge < -0.3 is 14.6 Å². The molecule has 2 rings (SSSR count). The zero-order valence-corrected chi connectivity index (χ0v) is 12.1. The van der Waals surface area contributed by atoms with Crippen molar-refractivity contribution in [2.45, 2.75) is 51.1 Å². The Hall–Kier alpha value is -1.16. The van der Waals surface area contributed by atoms with Gasteiger partial charge in [0, 0.05) is 6.42 Å². The highest BCUT2D eigenvalue weighted by Crippen LogP contribution is 2.23. The molecular weight excluding hydrogens is 252 g/mol. The Morgan fingerprint density at radius 1 is 1.30 bits per heavy atom. The fraction of sp³-hybridized carbons (Fsp3) is 0.529. The molecule has 0 aliphatic carbocycles. The van der Waals surface area contributed by atoms with Gasteiger partial charge in [0.1, 0.15) is 0 Å². The molecular formula is C17H24O3. The van der Waals surface area contributed by atoms with Crippen molar-refractivity contribution in [3.8, 4) is 0 Å². The van der Waals surface area contributed by atoms with E-state index in [4.69, 9.17) is 9.47 Å². The van der Waals surface area contributed by atoms with E-state index in [0.717, 1.165) is 18.4 Å². The van der Waals surface area contributed by atoms with Gasteiger partial charge in [-0.15, -0.1) is 0 Å². The Kier molecular flexibility index (Phi) is 6.25. The fourth-order valence-corrected chi connectivity index (χ4v) is 2.41. The topological polar surface area (TPSA) is 38.7 Å². The van der Waals surface area contributed by atoms with Gasteiger partial charge in [0.15, 0.2) is 0 Å². The smallest absolute Gasteiger partial charge is 0.0874 e. The SMILES string of the molecule is CC/C=C\C[C@H]1O[C@@H](COCc2ccccc2)C[C@H]1O. The van der Waals surface area contributed by atoms with Crippen LogP contribution in [0.15, 0.2) is 42.5 Å². The molecule has 1 aliphatic rings. The minimum Gasteiger partial charge on any atom is -0.390 e. The highest BCUT2D eigenvalue weighted by atomic mass is 16.6. The molecule has 1 saturated heterocycles. The maximum Gasteiger partial charge on any atom is 0.0874 e. The Balaban J connectivity index is 1.68. The van der Waals surface area contributed by atoms with Gasteiger partial charge in [0.25, 0.3) is 0 Å². The lowest BCUT2D eigenvalue weighted by atomic mass is 10.1. The van der Waals surface area contributed by atoms with Crippen LogP contribution in [0.4, 0.5) is 0 Å². The van der Waals surface area contributed by atoms with Crippen molar-refractivity contribution in [2.24, 2.45) is 0 Å². The summed E-state index contributed by atoms with van der Waals surface area (Å²) in [6, 6.07) is 10.1. The van der Waals surface area contributed by atoms with E-state index in [2.05, 4.69) is 19.1 Å². The van der Waals surface area contributed by atoms with Crippen LogP contribution >= 0.6 is 0 Å². The van der Waals surface area contributed by atoms with Crippen LogP contribution in [0.2, 0.25) is 0 Å². The predicted octanol–water partition coefficient (Wildman–Crippen LogP) is 3.08. The zero-order chi connectivity index (χ0) is 14.2. The number of aliphatic hydroxyl groups excluding tert-OH is 1. The molecule has 0 aromatic heterocycles. The molecule has 1 aliphatic heterocycles. The largest absolute Gasteiger partial charge is 0.390 e. The van der Waals surface area contributed by atoms with Crippen molar-refractivity contribution in [1.82, 2.24) is 0 Å². The van der Waals surface area contributed by atoms with E-state index >= 15 is 0 Å². The third-order valence-corrected chi connectivity index (χ3v) is 3.49. The lowest BCUT2D eigenvalue weighted by Crippen LogP contribution is -2.20. The van der Waals surface area contributed by atoms with Gasteiger partial charge in [-0.1, -0.05) is 49.4 Å². The Morgan fingerprint density at radius 3 is 2.85 bits per heavy atom. The van der Waals surface area contributed by atoms with Crippen LogP contribution in [0.5, 0.6) is 0 Å². The van der Waals surface area contributed by atoms with Crippen LogP contribution in [-0.2, 0) is 16.1 Å². The lowest BCUT2D eigenvalue weighted by molar-refractivity contribution is -0.0296. The molecule has 0 unspecified atom stereocenters. The average Bonchev–Trinajstić information content (AvgIpc) is 2.81. The highest BCUT2D eigenvalue weighted by Gasteiger charge is 2.32. The number of hydrogen-bond acceptors (Lipinski definition) is 3. The molecule has 20 heavy (non-hydrogen) atoms. The van der Waals surface area contributed by atoms with Gasteiger partial charge in [-0.25, -0.2) is 0 Å². The van der Waals surface area contributed by atoms with Gasteiger partial charge >= 0.3 is 0 Å². The molecule has 0 saturated carbocycles. The standard InChI is InChI=1S/C17H24O3/c1-2-3-5-10-17-16(18)11-15(20-17)13-19-12-14-8-6-4-7-9-14/h3-9,15-18H,2,10-13H2,1H3/b5-3-/t15-,16-,17-/m1/s1. The summed E-state index contributed by atoms with van der Waals surface area (Å²) in [6.45, 7) is 3.24. The molecule has 3 nitrogen and oxygen atoms in total. The van der Waals surface area contributed by atoms with Gasteiger partial charge in [-0.05, 0) is 18.4 Å². The number of ether oxygens (including phenoxy) is 2. The van der Waals surface area contributed by atoms with Crippen LogP contribution in [-0.4, -0.2) is 30.0 Å². The number of rotatable bonds is 7. The van der Waals surface area contributed by atoms with Crippen molar-refractivity contribution < 1.29 is 14.6 Å². The molecule has 0 spiro atoms. The Morgan fingerprint density at radius 2 is 2.10 bits per heavy atom. The summed E-state index contributed by atoms with van der Waals surface area (Å²) in [7, 11) is 0. The molecule has 0 bridgehead atoms. The first-order valence-electron chi connectivity index (χ1n) is 7.39. The average molecular weight is 276 g/mol. The van der Waals surface area contributed by atoms with E-state index in [-0.39, 0.29) is 18.3 Å². The van der Waals surface area contributed by atoms with E-state index in [1.54, 1.807) is 0 Å². The number of allylic oxidation sites excluding steroid dienone is 1. The molecule has 0 amide bonds. The van der Waals surface area contributed by atoms with Crippen molar-refractivity contribution in [1.29, 1.82) is 0 Å². The number of aliphatic hydroxyl groups is 1. The van der Waals surface area contributed by atoms with E-state index in [0.29, 0.717) is 19.6 Å². The predicted molar refractivity (Wildman–Crippen MR) is 79.4 cm³/mol. The molecule has 1 aromatic carbocycles. The Labute approximate surface area is 121 Å².